The topological polar surface area (TPSA) is 75.9 Å². The van der Waals surface area contributed by atoms with Crippen LogP contribution in [-0.4, -0.2) is 62.1 Å². The van der Waals surface area contributed by atoms with Crippen molar-refractivity contribution in [1.29, 1.82) is 0 Å². The van der Waals surface area contributed by atoms with Gasteiger partial charge in [0.1, 0.15) is 10.6 Å². The van der Waals surface area contributed by atoms with Crippen LogP contribution in [-0.2, 0) is 10.0 Å². The van der Waals surface area contributed by atoms with Crippen molar-refractivity contribution in [3.8, 4) is 17.1 Å². The Hall–Kier alpha value is -1.90. The molecule has 0 aliphatic carbocycles. The van der Waals surface area contributed by atoms with Gasteiger partial charge in [0, 0.05) is 43.3 Å². The van der Waals surface area contributed by atoms with Gasteiger partial charge in [-0.2, -0.15) is 4.31 Å². The summed E-state index contributed by atoms with van der Waals surface area (Å²) in [6, 6.07) is 5.59. The first-order chi connectivity index (χ1) is 13.8. The highest BCUT2D eigenvalue weighted by Gasteiger charge is 2.32. The van der Waals surface area contributed by atoms with E-state index < -0.39 is 10.0 Å². The summed E-state index contributed by atoms with van der Waals surface area (Å²) in [5.41, 5.74) is 2.37. The Morgan fingerprint density at radius 1 is 1.21 bits per heavy atom. The van der Waals surface area contributed by atoms with E-state index in [2.05, 4.69) is 23.9 Å². The van der Waals surface area contributed by atoms with Crippen molar-refractivity contribution in [2.24, 2.45) is 0 Å². The van der Waals surface area contributed by atoms with Gasteiger partial charge < -0.3 is 9.26 Å². The summed E-state index contributed by atoms with van der Waals surface area (Å²) in [5, 5.41) is 3.99. The zero-order valence-corrected chi connectivity index (χ0v) is 18.8. The van der Waals surface area contributed by atoms with Crippen LogP contribution in [0.4, 0.5) is 0 Å². The van der Waals surface area contributed by atoms with Crippen molar-refractivity contribution in [2.75, 3.05) is 33.3 Å². The van der Waals surface area contributed by atoms with Gasteiger partial charge >= 0.3 is 0 Å². The van der Waals surface area contributed by atoms with E-state index in [9.17, 15) is 8.42 Å². The highest BCUT2D eigenvalue weighted by molar-refractivity contribution is 7.89. The Bertz CT molecular complexity index is 947. The number of ether oxygens (including phenoxy) is 1. The summed E-state index contributed by atoms with van der Waals surface area (Å²) in [4.78, 5) is 2.53. The van der Waals surface area contributed by atoms with Gasteiger partial charge in [0.2, 0.25) is 10.0 Å². The average Bonchev–Trinajstić information content (AvgIpc) is 3.06. The van der Waals surface area contributed by atoms with Crippen LogP contribution in [0.15, 0.2) is 27.6 Å². The minimum atomic E-state index is -3.68. The molecule has 29 heavy (non-hydrogen) atoms. The molecule has 160 valence electrons. The largest absolute Gasteiger partial charge is 0.495 e. The Labute approximate surface area is 173 Å². The maximum Gasteiger partial charge on any atom is 0.246 e. The van der Waals surface area contributed by atoms with Crippen molar-refractivity contribution < 1.29 is 17.7 Å². The maximum absolute atomic E-state index is 13.4. The van der Waals surface area contributed by atoms with E-state index in [0.717, 1.165) is 37.2 Å². The Balaban J connectivity index is 1.88. The fourth-order valence-corrected chi connectivity index (χ4v) is 5.43. The lowest BCUT2D eigenvalue weighted by Crippen LogP contribution is -2.51. The van der Waals surface area contributed by atoms with E-state index in [1.165, 1.54) is 7.11 Å². The molecule has 7 nitrogen and oxygen atoms in total. The van der Waals surface area contributed by atoms with Gasteiger partial charge in [0.15, 0.2) is 5.76 Å². The van der Waals surface area contributed by atoms with Gasteiger partial charge in [-0.05, 0) is 45.4 Å². The number of hydrogen-bond acceptors (Lipinski definition) is 6. The molecule has 3 rings (SSSR count). The second-order valence-corrected chi connectivity index (χ2v) is 9.57. The van der Waals surface area contributed by atoms with Crippen LogP contribution in [0, 0.1) is 13.8 Å². The molecule has 1 saturated heterocycles. The van der Waals surface area contributed by atoms with Gasteiger partial charge in [0.05, 0.1) is 12.8 Å². The summed E-state index contributed by atoms with van der Waals surface area (Å²) >= 11 is 0. The molecule has 0 bridgehead atoms. The fourth-order valence-electron chi connectivity index (χ4n) is 3.83. The number of aromatic nitrogens is 1. The highest BCUT2D eigenvalue weighted by atomic mass is 32.2. The minimum Gasteiger partial charge on any atom is -0.495 e. The monoisotopic (exact) mass is 421 g/mol. The smallest absolute Gasteiger partial charge is 0.246 e. The number of hydrogen-bond donors (Lipinski definition) is 0. The molecule has 0 N–H and O–H groups in total. The van der Waals surface area contributed by atoms with Crippen molar-refractivity contribution in [3.05, 3.63) is 29.5 Å². The lowest BCUT2D eigenvalue weighted by atomic mass is 10.1. The van der Waals surface area contributed by atoms with E-state index >= 15 is 0 Å². The number of piperazine rings is 1. The van der Waals surface area contributed by atoms with Gasteiger partial charge in [-0.25, -0.2) is 8.42 Å². The molecule has 1 fully saturated rings. The zero-order valence-electron chi connectivity index (χ0n) is 17.9. The average molecular weight is 422 g/mol. The summed E-state index contributed by atoms with van der Waals surface area (Å²) < 4.78 is 39.2. The van der Waals surface area contributed by atoms with Crippen LogP contribution < -0.4 is 4.74 Å². The van der Waals surface area contributed by atoms with E-state index in [4.69, 9.17) is 9.26 Å². The lowest BCUT2D eigenvalue weighted by molar-refractivity contribution is 0.139. The minimum absolute atomic E-state index is 0.168. The normalized spacial score (nSPS) is 17.4. The van der Waals surface area contributed by atoms with Crippen LogP contribution in [0.25, 0.3) is 11.3 Å². The third kappa shape index (κ3) is 4.34. The van der Waals surface area contributed by atoms with E-state index in [-0.39, 0.29) is 4.90 Å². The summed E-state index contributed by atoms with van der Waals surface area (Å²) in [6.07, 6.45) is 2.25. The standard InChI is InChI=1S/C21H31N3O4S/c1-6-7-15(2)23-10-12-24(13-11-23)29(25,26)20-14-18(8-9-19(20)27-5)21-16(3)17(4)22-28-21/h8-9,14-15H,6-7,10-13H2,1-5H3/t15-/m1/s1. The Kier molecular flexibility index (Phi) is 6.65. The molecule has 1 aromatic heterocycles. The predicted octanol–water partition coefficient (Wildman–Crippen LogP) is 3.46. The summed E-state index contributed by atoms with van der Waals surface area (Å²) in [5.74, 6) is 0.921. The van der Waals surface area contributed by atoms with Gasteiger partial charge in [-0.3, -0.25) is 4.90 Å². The van der Waals surface area contributed by atoms with Gasteiger partial charge in [0.25, 0.3) is 0 Å². The lowest BCUT2D eigenvalue weighted by Gasteiger charge is -2.37. The molecule has 1 aliphatic heterocycles. The molecular formula is C21H31N3O4S. The van der Waals surface area contributed by atoms with Gasteiger partial charge in [-0.15, -0.1) is 0 Å². The van der Waals surface area contributed by atoms with Crippen molar-refractivity contribution in [3.63, 3.8) is 0 Å². The van der Waals surface area contributed by atoms with Crippen molar-refractivity contribution in [1.82, 2.24) is 14.4 Å². The third-order valence-corrected chi connectivity index (χ3v) is 7.72. The Morgan fingerprint density at radius 3 is 2.45 bits per heavy atom. The number of rotatable bonds is 7. The SMILES string of the molecule is CCC[C@@H](C)N1CCN(S(=O)(=O)c2cc(-c3onc(C)c3C)ccc2OC)CC1. The molecular weight excluding hydrogens is 390 g/mol. The van der Waals surface area contributed by atoms with Crippen LogP contribution in [0.5, 0.6) is 5.75 Å². The van der Waals surface area contributed by atoms with Crippen molar-refractivity contribution in [2.45, 2.75) is 51.5 Å². The molecule has 1 aliphatic rings. The molecule has 0 radical (unpaired) electrons. The van der Waals surface area contributed by atoms with Crippen LogP contribution in [0.2, 0.25) is 0 Å². The first kappa shape index (κ1) is 21.8. The van der Waals surface area contributed by atoms with Crippen LogP contribution >= 0.6 is 0 Å². The number of aryl methyl sites for hydroxylation is 1. The molecule has 0 amide bonds. The second kappa shape index (κ2) is 8.85. The zero-order chi connectivity index (χ0) is 21.2. The molecule has 2 aromatic rings. The van der Waals surface area contributed by atoms with Crippen LogP contribution in [0.1, 0.15) is 37.9 Å². The quantitative estimate of drug-likeness (QED) is 0.681. The first-order valence-electron chi connectivity index (χ1n) is 10.1. The van der Waals surface area contributed by atoms with E-state index in [1.54, 1.807) is 22.5 Å². The maximum atomic E-state index is 13.4. The Morgan fingerprint density at radius 2 is 1.90 bits per heavy atom. The number of benzene rings is 1. The third-order valence-electron chi connectivity index (χ3n) is 5.80. The van der Waals surface area contributed by atoms with E-state index in [0.29, 0.717) is 36.2 Å². The first-order valence-corrected chi connectivity index (χ1v) is 11.6. The molecule has 0 saturated carbocycles. The molecule has 0 unspecified atom stereocenters. The predicted molar refractivity (Wildman–Crippen MR) is 113 cm³/mol. The van der Waals surface area contributed by atoms with Crippen LogP contribution in [0.3, 0.4) is 0 Å². The summed E-state index contributed by atoms with van der Waals surface area (Å²) in [7, 11) is -2.19. The number of nitrogens with zero attached hydrogens (tertiary/aromatic N) is 3. The molecule has 1 aromatic carbocycles. The van der Waals surface area contributed by atoms with Crippen molar-refractivity contribution >= 4 is 10.0 Å². The molecule has 2 heterocycles. The highest BCUT2D eigenvalue weighted by Crippen LogP contribution is 2.34. The molecule has 8 heteroatoms. The fraction of sp³-hybridized carbons (Fsp3) is 0.571. The van der Waals surface area contributed by atoms with E-state index in [1.807, 2.05) is 13.8 Å². The second-order valence-electron chi connectivity index (χ2n) is 7.67. The summed E-state index contributed by atoms with van der Waals surface area (Å²) in [6.45, 7) is 10.6. The number of methoxy groups -OCH3 is 1. The number of sulfonamides is 1. The van der Waals surface area contributed by atoms with Gasteiger partial charge in [-0.1, -0.05) is 18.5 Å². The molecule has 1 atom stereocenters. The molecule has 0 spiro atoms.